The Morgan fingerprint density at radius 1 is 0.510 bits per heavy atom. The van der Waals surface area contributed by atoms with E-state index >= 15 is 0 Å². The molecule has 1 aromatic heterocycles. The maximum absolute atomic E-state index is 4.08. The van der Waals surface area contributed by atoms with E-state index in [2.05, 4.69) is 194 Å². The maximum atomic E-state index is 4.08. The van der Waals surface area contributed by atoms with Gasteiger partial charge in [-0.2, -0.15) is 0 Å². The van der Waals surface area contributed by atoms with E-state index in [1.54, 1.807) is 0 Å². The lowest BCUT2D eigenvalue weighted by molar-refractivity contribution is 0.794. The first-order valence-electron chi connectivity index (χ1n) is 17.5. The monoisotopic (exact) mass is 667 g/mol. The first-order valence-corrected chi connectivity index (χ1v) is 18.3. The number of para-hydroxylation sites is 1. The Hall–Kier alpha value is -6.22. The lowest BCUT2D eigenvalue weighted by atomic mass is 9.70. The normalized spacial score (nSPS) is 14.0. The SMILES string of the molecule is C=C/C=c1/sc2ccccc2/c1=C/N(c1ccc2c(c1)C1(c3ccccc3-c3ccccc31)c1ccccc1-2)c1ccccc1-c1ccccc1. The first-order chi connectivity index (χ1) is 25.3. The molecular formula is C49H33NS. The minimum absolute atomic E-state index is 0.420. The number of hydrogen-bond acceptors (Lipinski definition) is 2. The molecule has 240 valence electrons. The molecule has 1 heterocycles. The number of anilines is 2. The molecule has 2 heteroatoms. The second-order valence-electron chi connectivity index (χ2n) is 13.3. The van der Waals surface area contributed by atoms with E-state index in [9.17, 15) is 0 Å². The van der Waals surface area contributed by atoms with Gasteiger partial charge in [0.05, 0.1) is 11.1 Å². The second kappa shape index (κ2) is 11.7. The molecule has 0 aliphatic heterocycles. The average Bonchev–Trinajstić information content (AvgIpc) is 3.81. The number of benzene rings is 7. The van der Waals surface area contributed by atoms with Crippen LogP contribution in [0.5, 0.6) is 0 Å². The summed E-state index contributed by atoms with van der Waals surface area (Å²) < 4.78 is 2.45. The Bertz CT molecular complexity index is 2720. The van der Waals surface area contributed by atoms with Crippen molar-refractivity contribution in [3.63, 3.8) is 0 Å². The summed E-state index contributed by atoms with van der Waals surface area (Å²) in [5.41, 5.74) is 14.8. The first kappa shape index (κ1) is 29.7. The predicted molar refractivity (Wildman–Crippen MR) is 217 cm³/mol. The van der Waals surface area contributed by atoms with Crippen molar-refractivity contribution in [2.45, 2.75) is 5.41 Å². The molecule has 0 fully saturated rings. The Balaban J connectivity index is 1.30. The fourth-order valence-electron chi connectivity index (χ4n) is 8.64. The molecule has 1 nitrogen and oxygen atoms in total. The van der Waals surface area contributed by atoms with Crippen LogP contribution in [0.3, 0.4) is 0 Å². The number of fused-ring (bicyclic) bond motifs is 11. The van der Waals surface area contributed by atoms with Crippen molar-refractivity contribution in [3.05, 3.63) is 215 Å². The molecule has 0 N–H and O–H groups in total. The van der Waals surface area contributed by atoms with Gasteiger partial charge in [0.25, 0.3) is 0 Å². The van der Waals surface area contributed by atoms with Gasteiger partial charge in [0.2, 0.25) is 0 Å². The summed E-state index contributed by atoms with van der Waals surface area (Å²) in [7, 11) is 0. The Morgan fingerprint density at radius 3 is 1.73 bits per heavy atom. The second-order valence-corrected chi connectivity index (χ2v) is 14.4. The van der Waals surface area contributed by atoms with Crippen molar-refractivity contribution in [1.29, 1.82) is 0 Å². The number of thiophene rings is 1. The van der Waals surface area contributed by atoms with Gasteiger partial charge < -0.3 is 4.90 Å². The van der Waals surface area contributed by atoms with E-state index in [-0.39, 0.29) is 0 Å². The third-order valence-electron chi connectivity index (χ3n) is 10.7. The summed E-state index contributed by atoms with van der Waals surface area (Å²) in [6.45, 7) is 4.08. The van der Waals surface area contributed by atoms with Gasteiger partial charge in [-0.25, -0.2) is 0 Å². The van der Waals surface area contributed by atoms with Gasteiger partial charge in [-0.1, -0.05) is 158 Å². The molecule has 0 saturated heterocycles. The zero-order valence-electron chi connectivity index (χ0n) is 28.0. The van der Waals surface area contributed by atoms with Crippen LogP contribution in [0.15, 0.2) is 183 Å². The molecule has 7 aromatic carbocycles. The highest BCUT2D eigenvalue weighted by atomic mass is 32.1. The van der Waals surface area contributed by atoms with Crippen molar-refractivity contribution in [2.24, 2.45) is 0 Å². The van der Waals surface area contributed by atoms with Crippen molar-refractivity contribution in [3.8, 4) is 33.4 Å². The van der Waals surface area contributed by atoms with Crippen molar-refractivity contribution in [2.75, 3.05) is 4.90 Å². The predicted octanol–water partition coefficient (Wildman–Crippen LogP) is 11.5. The molecule has 0 atom stereocenters. The van der Waals surface area contributed by atoms with Crippen molar-refractivity contribution >= 4 is 45.1 Å². The minimum Gasteiger partial charge on any atom is -0.316 e. The van der Waals surface area contributed by atoms with Crippen LogP contribution in [0.25, 0.3) is 55.7 Å². The third kappa shape index (κ3) is 4.33. The highest BCUT2D eigenvalue weighted by Gasteiger charge is 2.51. The molecule has 0 amide bonds. The van der Waals surface area contributed by atoms with E-state index in [0.29, 0.717) is 0 Å². The highest BCUT2D eigenvalue weighted by Crippen LogP contribution is 2.63. The summed E-state index contributed by atoms with van der Waals surface area (Å²) in [4.78, 5) is 2.42. The smallest absolute Gasteiger partial charge is 0.0726 e. The van der Waals surface area contributed by atoms with E-state index in [1.807, 2.05) is 17.4 Å². The van der Waals surface area contributed by atoms with Gasteiger partial charge in [-0.05, 0) is 80.4 Å². The van der Waals surface area contributed by atoms with Crippen LogP contribution in [-0.4, -0.2) is 0 Å². The van der Waals surface area contributed by atoms with E-state index < -0.39 is 5.41 Å². The van der Waals surface area contributed by atoms with E-state index in [1.165, 1.54) is 75.5 Å². The molecule has 51 heavy (non-hydrogen) atoms. The standard InChI is InChI=1S/C49H33NS/c1-2-16-47-41(40-23-10-15-28-48(40)51-47)32-50(46-27-14-9-19-35(46)33-17-4-3-5-18-33)34-29-30-39-38-22-8-13-26-44(38)49(45(39)31-34)42-24-11-6-20-36(42)37-21-7-12-25-43(37)49/h2-32H,1H2/b41-32-,47-16+. The molecule has 0 bridgehead atoms. The quantitative estimate of drug-likeness (QED) is 0.177. The van der Waals surface area contributed by atoms with Crippen LogP contribution in [0.4, 0.5) is 11.4 Å². The van der Waals surface area contributed by atoms with Gasteiger partial charge in [0.1, 0.15) is 0 Å². The van der Waals surface area contributed by atoms with Crippen LogP contribution in [0, 0.1) is 0 Å². The fourth-order valence-corrected chi connectivity index (χ4v) is 9.75. The Morgan fingerprint density at radius 2 is 1.06 bits per heavy atom. The van der Waals surface area contributed by atoms with E-state index in [0.717, 1.165) is 11.4 Å². The van der Waals surface area contributed by atoms with Gasteiger partial charge in [0, 0.05) is 37.3 Å². The van der Waals surface area contributed by atoms with Crippen LogP contribution >= 0.6 is 11.3 Å². The van der Waals surface area contributed by atoms with Crippen LogP contribution in [-0.2, 0) is 5.41 Å². The molecule has 1 spiro atoms. The molecule has 8 aromatic rings. The van der Waals surface area contributed by atoms with Crippen LogP contribution in [0.1, 0.15) is 22.3 Å². The molecular weight excluding hydrogens is 635 g/mol. The molecule has 10 rings (SSSR count). The summed E-state index contributed by atoms with van der Waals surface area (Å²) in [5.74, 6) is 0. The van der Waals surface area contributed by atoms with E-state index in [4.69, 9.17) is 0 Å². The largest absolute Gasteiger partial charge is 0.316 e. The third-order valence-corrected chi connectivity index (χ3v) is 11.8. The lowest BCUT2D eigenvalue weighted by Gasteiger charge is -2.31. The zero-order chi connectivity index (χ0) is 33.9. The summed E-state index contributed by atoms with van der Waals surface area (Å²) in [5, 5.41) is 2.43. The topological polar surface area (TPSA) is 3.24 Å². The van der Waals surface area contributed by atoms with Gasteiger partial charge in [-0.15, -0.1) is 11.3 Å². The number of allylic oxidation sites excluding steroid dienone is 1. The number of hydrogen-bond donors (Lipinski definition) is 0. The fraction of sp³-hybridized carbons (Fsp3) is 0.0204. The Kier molecular flexibility index (Phi) is 6.80. The zero-order valence-corrected chi connectivity index (χ0v) is 28.8. The molecule has 0 saturated carbocycles. The maximum Gasteiger partial charge on any atom is 0.0726 e. The average molecular weight is 668 g/mol. The molecule has 2 aliphatic carbocycles. The van der Waals surface area contributed by atoms with Crippen LogP contribution < -0.4 is 14.7 Å². The summed E-state index contributed by atoms with van der Waals surface area (Å²) in [6, 6.07) is 62.4. The van der Waals surface area contributed by atoms with Gasteiger partial charge in [-0.3, -0.25) is 0 Å². The number of rotatable bonds is 5. The van der Waals surface area contributed by atoms with Gasteiger partial charge in [0.15, 0.2) is 0 Å². The minimum atomic E-state index is -0.420. The molecule has 2 aliphatic rings. The van der Waals surface area contributed by atoms with Crippen LogP contribution in [0.2, 0.25) is 0 Å². The van der Waals surface area contributed by atoms with Crippen molar-refractivity contribution in [1.82, 2.24) is 0 Å². The number of nitrogens with zero attached hydrogens (tertiary/aromatic N) is 1. The summed E-state index contributed by atoms with van der Waals surface area (Å²) in [6.07, 6.45) is 6.39. The molecule has 0 unspecified atom stereocenters. The highest BCUT2D eigenvalue weighted by molar-refractivity contribution is 7.17. The molecule has 0 radical (unpaired) electrons. The lowest BCUT2D eigenvalue weighted by Crippen LogP contribution is -2.27. The van der Waals surface area contributed by atoms with Gasteiger partial charge >= 0.3 is 0 Å². The summed E-state index contributed by atoms with van der Waals surface area (Å²) >= 11 is 1.81. The van der Waals surface area contributed by atoms with Crippen molar-refractivity contribution < 1.29 is 0 Å². The Labute approximate surface area is 302 Å².